The number of benzene rings is 2. The van der Waals surface area contributed by atoms with Gasteiger partial charge in [0.05, 0.1) is 6.61 Å². The predicted octanol–water partition coefficient (Wildman–Crippen LogP) is 4.24. The average molecular weight is 405 g/mol. The van der Waals surface area contributed by atoms with Crippen molar-refractivity contribution in [2.24, 2.45) is 5.16 Å². The second-order valence-electron chi connectivity index (χ2n) is 6.54. The Bertz CT molecular complexity index is 1270. The largest absolute Gasteiger partial charge is 0.490 e. The van der Waals surface area contributed by atoms with Gasteiger partial charge in [0.15, 0.2) is 11.3 Å². The minimum Gasteiger partial charge on any atom is -0.490 e. The molecule has 0 bridgehead atoms. The van der Waals surface area contributed by atoms with Gasteiger partial charge in [0.1, 0.15) is 5.56 Å². The Morgan fingerprint density at radius 3 is 2.70 bits per heavy atom. The van der Waals surface area contributed by atoms with Crippen LogP contribution in [0.1, 0.15) is 19.4 Å². The van der Waals surface area contributed by atoms with Crippen molar-refractivity contribution in [3.05, 3.63) is 59.6 Å². The van der Waals surface area contributed by atoms with Crippen LogP contribution in [0.15, 0.2) is 62.6 Å². The van der Waals surface area contributed by atoms with Crippen LogP contribution in [-0.2, 0) is 9.63 Å². The van der Waals surface area contributed by atoms with Gasteiger partial charge in [0.25, 0.3) is 11.4 Å². The highest BCUT2D eigenvalue weighted by molar-refractivity contribution is 5.85. The molecule has 0 saturated carbocycles. The van der Waals surface area contributed by atoms with Crippen molar-refractivity contribution in [1.82, 2.24) is 10.1 Å². The van der Waals surface area contributed by atoms with Gasteiger partial charge in [-0.05, 0) is 31.1 Å². The first kappa shape index (κ1) is 19.4. The fourth-order valence-electron chi connectivity index (χ4n) is 2.87. The molecule has 152 valence electrons. The van der Waals surface area contributed by atoms with Crippen molar-refractivity contribution >= 4 is 16.9 Å². The van der Waals surface area contributed by atoms with Gasteiger partial charge in [-0.1, -0.05) is 47.1 Å². The number of hydrogen-bond acceptors (Lipinski definition) is 8. The van der Waals surface area contributed by atoms with Crippen LogP contribution in [0, 0.1) is 6.92 Å². The number of aryl methyl sites for hydroxylation is 1. The van der Waals surface area contributed by atoms with Crippen LogP contribution in [-0.4, -0.2) is 22.7 Å². The number of para-hydroxylation sites is 1. The topological polar surface area (TPSA) is 100.0 Å². The Morgan fingerprint density at radius 2 is 1.97 bits per heavy atom. The molecule has 0 N–H and O–H groups in total. The van der Waals surface area contributed by atoms with Gasteiger partial charge in [-0.25, -0.2) is 4.79 Å². The number of carbonyl (C=O) groups excluding carboxylic acids is 1. The molecule has 0 aliphatic rings. The second kappa shape index (κ2) is 8.20. The highest BCUT2D eigenvalue weighted by Crippen LogP contribution is 2.28. The summed E-state index contributed by atoms with van der Waals surface area (Å²) in [6, 6.07) is 15.0. The third-order valence-corrected chi connectivity index (χ3v) is 4.26. The van der Waals surface area contributed by atoms with E-state index in [-0.39, 0.29) is 11.4 Å². The third-order valence-electron chi connectivity index (χ3n) is 4.26. The average Bonchev–Trinajstić information content (AvgIpc) is 3.22. The lowest BCUT2D eigenvalue weighted by atomic mass is 10.1. The van der Waals surface area contributed by atoms with Crippen molar-refractivity contribution in [3.63, 3.8) is 0 Å². The van der Waals surface area contributed by atoms with Gasteiger partial charge < -0.3 is 18.5 Å². The number of nitrogens with zero attached hydrogens (tertiary/aromatic N) is 3. The Labute approximate surface area is 171 Å². The van der Waals surface area contributed by atoms with Crippen LogP contribution < -0.4 is 10.3 Å². The maximum atomic E-state index is 11.3. The Balaban J connectivity index is 1.87. The molecule has 30 heavy (non-hydrogen) atoms. The first-order chi connectivity index (χ1) is 14.5. The van der Waals surface area contributed by atoms with E-state index in [2.05, 4.69) is 15.3 Å². The molecule has 0 atom stereocenters. The summed E-state index contributed by atoms with van der Waals surface area (Å²) in [5.41, 5.74) is 2.81. The smallest absolute Gasteiger partial charge is 0.332 e. The van der Waals surface area contributed by atoms with Crippen LogP contribution in [0.3, 0.4) is 0 Å². The van der Waals surface area contributed by atoms with E-state index in [1.807, 2.05) is 50.2 Å². The second-order valence-corrected chi connectivity index (χ2v) is 6.54. The normalized spacial score (nSPS) is 11.6. The lowest BCUT2D eigenvalue weighted by Crippen LogP contribution is -2.09. The van der Waals surface area contributed by atoms with E-state index in [1.165, 1.54) is 6.92 Å². The molecule has 8 nitrogen and oxygen atoms in total. The van der Waals surface area contributed by atoms with Gasteiger partial charge in [-0.3, -0.25) is 0 Å². The molecule has 2 heterocycles. The maximum absolute atomic E-state index is 11.3. The standard InChI is InChI=1S/C22H19N3O5/c1-4-27-18-7-5-6-16-12-17(22(28-19(16)18)25-29-14(3)26)21-23-20(24-30-21)15-10-8-13(2)9-11-15/h5-12H,4H2,1-3H3. The van der Waals surface area contributed by atoms with E-state index in [1.54, 1.807) is 12.1 Å². The number of fused-ring (bicyclic) bond motifs is 1. The lowest BCUT2D eigenvalue weighted by Gasteiger charge is -2.07. The zero-order chi connectivity index (χ0) is 21.1. The van der Waals surface area contributed by atoms with E-state index in [9.17, 15) is 4.79 Å². The molecule has 2 aromatic heterocycles. The SMILES string of the molecule is CCOc1cccc2cc(-c3nc(-c4ccc(C)cc4)no3)c(=NOC(C)=O)oc12. The van der Waals surface area contributed by atoms with Gasteiger partial charge in [-0.2, -0.15) is 4.98 Å². The fraction of sp³-hybridized carbons (Fsp3) is 0.182. The van der Waals surface area contributed by atoms with Crippen LogP contribution >= 0.6 is 0 Å². The summed E-state index contributed by atoms with van der Waals surface area (Å²) in [6.07, 6.45) is 0. The number of rotatable bonds is 5. The lowest BCUT2D eigenvalue weighted by molar-refractivity contribution is -0.141. The van der Waals surface area contributed by atoms with E-state index in [4.69, 9.17) is 18.5 Å². The maximum Gasteiger partial charge on any atom is 0.332 e. The molecule has 0 aliphatic carbocycles. The van der Waals surface area contributed by atoms with E-state index in [0.29, 0.717) is 29.3 Å². The van der Waals surface area contributed by atoms with Crippen molar-refractivity contribution in [1.29, 1.82) is 0 Å². The van der Waals surface area contributed by atoms with Crippen molar-refractivity contribution in [3.8, 4) is 28.6 Å². The Morgan fingerprint density at radius 1 is 1.17 bits per heavy atom. The monoisotopic (exact) mass is 405 g/mol. The minimum atomic E-state index is -0.583. The van der Waals surface area contributed by atoms with Crippen molar-refractivity contribution in [2.75, 3.05) is 6.61 Å². The number of carbonyl (C=O) groups is 1. The molecule has 4 aromatic rings. The highest BCUT2D eigenvalue weighted by Gasteiger charge is 2.17. The zero-order valence-corrected chi connectivity index (χ0v) is 16.7. The predicted molar refractivity (Wildman–Crippen MR) is 108 cm³/mol. The Hall–Kier alpha value is -3.94. The minimum absolute atomic E-state index is 0.0176. The van der Waals surface area contributed by atoms with Gasteiger partial charge in [0, 0.05) is 17.9 Å². The summed E-state index contributed by atoms with van der Waals surface area (Å²) in [4.78, 5) is 20.6. The van der Waals surface area contributed by atoms with Crippen LogP contribution in [0.4, 0.5) is 0 Å². The summed E-state index contributed by atoms with van der Waals surface area (Å²) in [6.45, 7) is 5.60. The third kappa shape index (κ3) is 3.93. The molecule has 0 spiro atoms. The summed E-state index contributed by atoms with van der Waals surface area (Å²) in [5, 5.41) is 8.62. The molecule has 0 saturated heterocycles. The van der Waals surface area contributed by atoms with Crippen molar-refractivity contribution < 1.29 is 23.3 Å². The first-order valence-corrected chi connectivity index (χ1v) is 9.37. The summed E-state index contributed by atoms with van der Waals surface area (Å²) in [5.74, 6) is 0.572. The molecule has 2 aromatic carbocycles. The summed E-state index contributed by atoms with van der Waals surface area (Å²) in [7, 11) is 0. The van der Waals surface area contributed by atoms with Crippen LogP contribution in [0.2, 0.25) is 0 Å². The molecule has 4 rings (SSSR count). The van der Waals surface area contributed by atoms with Gasteiger partial charge in [0.2, 0.25) is 5.82 Å². The molecular weight excluding hydrogens is 386 g/mol. The first-order valence-electron chi connectivity index (χ1n) is 9.37. The van der Waals surface area contributed by atoms with Crippen LogP contribution in [0.25, 0.3) is 33.8 Å². The Kier molecular flexibility index (Phi) is 5.30. The number of hydrogen-bond donors (Lipinski definition) is 0. The molecule has 0 aliphatic heterocycles. The number of ether oxygens (including phenoxy) is 1. The molecular formula is C22H19N3O5. The highest BCUT2D eigenvalue weighted by atomic mass is 16.7. The number of aromatic nitrogens is 2. The fourth-order valence-corrected chi connectivity index (χ4v) is 2.87. The molecule has 0 fully saturated rings. The van der Waals surface area contributed by atoms with E-state index >= 15 is 0 Å². The molecule has 0 radical (unpaired) electrons. The zero-order valence-electron chi connectivity index (χ0n) is 16.7. The summed E-state index contributed by atoms with van der Waals surface area (Å²) < 4.78 is 17.0. The van der Waals surface area contributed by atoms with Crippen molar-refractivity contribution in [2.45, 2.75) is 20.8 Å². The molecule has 8 heteroatoms. The van der Waals surface area contributed by atoms with Gasteiger partial charge >= 0.3 is 5.97 Å². The van der Waals surface area contributed by atoms with Crippen LogP contribution in [0.5, 0.6) is 5.75 Å². The van der Waals surface area contributed by atoms with Gasteiger partial charge in [-0.15, -0.1) is 0 Å². The molecule has 0 amide bonds. The van der Waals surface area contributed by atoms with E-state index in [0.717, 1.165) is 16.5 Å². The quantitative estimate of drug-likeness (QED) is 0.362. The van der Waals surface area contributed by atoms with E-state index < -0.39 is 5.97 Å². The summed E-state index contributed by atoms with van der Waals surface area (Å²) >= 11 is 0. The molecule has 0 unspecified atom stereocenters.